The van der Waals surface area contributed by atoms with Gasteiger partial charge in [0, 0.05) is 91.7 Å². The number of piperidine rings is 1. The quantitative estimate of drug-likeness (QED) is 0.108. The van der Waals surface area contributed by atoms with Crippen LogP contribution in [-0.2, 0) is 22.2 Å². The standard InChI is InChI=1S/C48H51ClF2N8O6/c1-26-38-36(24-33(50)41(49)40(38)39-31(44(52)61)16-17-35(64-3)42(39)51)65-48(26,28-8-5-4-6-9-28)25-53-29-14-12-27(13-15-29)46(62)54-30-18-21-58(22-19-30)34-11-7-10-32-43(34)57(2)56-45(32)59-23-20-37(60)55-47(59)63/h4-11,16-17,24,26-27,29-30,53H,12-15,18-23,25H2,1-3H3,(H2,52,61)(H,54,62)(H,55,60,63). The molecule has 4 heterocycles. The molecule has 65 heavy (non-hydrogen) atoms. The molecular weight excluding hydrogens is 858 g/mol. The first-order valence-corrected chi connectivity index (χ1v) is 22.5. The highest BCUT2D eigenvalue weighted by molar-refractivity contribution is 6.34. The Bertz CT molecular complexity index is 2700. The minimum Gasteiger partial charge on any atom is -0.494 e. The van der Waals surface area contributed by atoms with Gasteiger partial charge in [0.1, 0.15) is 11.6 Å². The predicted molar refractivity (Wildman–Crippen MR) is 242 cm³/mol. The number of methoxy groups -OCH3 is 1. The van der Waals surface area contributed by atoms with Crippen LogP contribution in [-0.4, -0.2) is 78.9 Å². The van der Waals surface area contributed by atoms with E-state index in [1.807, 2.05) is 56.4 Å². The summed E-state index contributed by atoms with van der Waals surface area (Å²) in [6, 6.07) is 19.0. The number of benzene rings is 4. The number of para-hydroxylation sites is 1. The highest BCUT2D eigenvalue weighted by Gasteiger charge is 2.50. The largest absolute Gasteiger partial charge is 0.494 e. The molecule has 0 spiro atoms. The van der Waals surface area contributed by atoms with Crippen molar-refractivity contribution < 1.29 is 37.4 Å². The molecule has 0 bridgehead atoms. The number of nitrogens with two attached hydrogens (primary N) is 1. The Labute approximate surface area is 379 Å². The average Bonchev–Trinajstić information content (AvgIpc) is 3.79. The van der Waals surface area contributed by atoms with Gasteiger partial charge in [-0.1, -0.05) is 54.9 Å². The zero-order valence-corrected chi connectivity index (χ0v) is 37.1. The fourth-order valence-corrected chi connectivity index (χ4v) is 10.6. The first-order valence-electron chi connectivity index (χ1n) is 22.1. The minimum atomic E-state index is -1.09. The number of aromatic nitrogens is 2. The minimum absolute atomic E-state index is 0.0147. The van der Waals surface area contributed by atoms with Crippen molar-refractivity contribution in [3.63, 3.8) is 0 Å². The van der Waals surface area contributed by atoms with Gasteiger partial charge in [-0.15, -0.1) is 0 Å². The lowest BCUT2D eigenvalue weighted by Gasteiger charge is -2.38. The van der Waals surface area contributed by atoms with Crippen LogP contribution in [0.25, 0.3) is 22.0 Å². The van der Waals surface area contributed by atoms with Gasteiger partial charge in [-0.25, -0.2) is 13.6 Å². The molecule has 3 aliphatic heterocycles. The van der Waals surface area contributed by atoms with E-state index in [0.717, 1.165) is 60.9 Å². The monoisotopic (exact) mass is 908 g/mol. The molecule has 5 N–H and O–H groups in total. The molecule has 9 rings (SSSR count). The average molecular weight is 909 g/mol. The van der Waals surface area contributed by atoms with Gasteiger partial charge in [-0.3, -0.25) is 29.3 Å². The van der Waals surface area contributed by atoms with Gasteiger partial charge in [0.05, 0.1) is 28.9 Å². The molecule has 2 unspecified atom stereocenters. The van der Waals surface area contributed by atoms with Crippen LogP contribution >= 0.6 is 11.6 Å². The maximum atomic E-state index is 16.2. The Hall–Kier alpha value is -6.26. The summed E-state index contributed by atoms with van der Waals surface area (Å²) in [5.41, 5.74) is 7.35. The SMILES string of the molecule is COc1ccc(C(N)=O)c(-c2c(Cl)c(F)cc3c2C(C)C(CNC2CCC(C(=O)NC4CCN(c5cccc6c(N7CCC(=O)NC7=O)nn(C)c56)CC4)CC2)(c2ccccc2)O3)c1F. The second-order valence-electron chi connectivity index (χ2n) is 17.5. The van der Waals surface area contributed by atoms with Crippen LogP contribution in [0, 0.1) is 17.6 Å². The van der Waals surface area contributed by atoms with Crippen molar-refractivity contribution in [3.8, 4) is 22.6 Å². The Kier molecular flexibility index (Phi) is 11.9. The molecule has 2 saturated heterocycles. The summed E-state index contributed by atoms with van der Waals surface area (Å²) >= 11 is 6.68. The molecular formula is C48H51ClF2N8O6. The number of ether oxygens (including phenoxy) is 2. The van der Waals surface area contributed by atoms with Crippen molar-refractivity contribution in [1.29, 1.82) is 0 Å². The van der Waals surface area contributed by atoms with Gasteiger partial charge < -0.3 is 30.7 Å². The fraction of sp³-hybridized carbons (Fsp3) is 0.396. The van der Waals surface area contributed by atoms with Crippen LogP contribution in [0.2, 0.25) is 5.02 Å². The number of urea groups is 1. The molecule has 340 valence electrons. The lowest BCUT2D eigenvalue weighted by Crippen LogP contribution is -2.49. The van der Waals surface area contributed by atoms with Crippen molar-refractivity contribution in [2.75, 3.05) is 43.1 Å². The summed E-state index contributed by atoms with van der Waals surface area (Å²) in [7, 11) is 3.15. The first-order chi connectivity index (χ1) is 31.3. The van der Waals surface area contributed by atoms with E-state index in [1.165, 1.54) is 30.2 Å². The number of carbonyl (C=O) groups excluding carboxylic acids is 4. The van der Waals surface area contributed by atoms with Gasteiger partial charge in [-0.05, 0) is 68.4 Å². The zero-order valence-electron chi connectivity index (χ0n) is 36.4. The second kappa shape index (κ2) is 17.6. The van der Waals surface area contributed by atoms with Crippen LogP contribution in [0.4, 0.5) is 25.1 Å². The van der Waals surface area contributed by atoms with Gasteiger partial charge in [0.15, 0.2) is 23.0 Å². The highest BCUT2D eigenvalue weighted by atomic mass is 35.5. The molecule has 5 amide bonds. The summed E-state index contributed by atoms with van der Waals surface area (Å²) in [5.74, 6) is -3.00. The fourth-order valence-electron chi connectivity index (χ4n) is 10.3. The highest BCUT2D eigenvalue weighted by Crippen LogP contribution is 2.56. The molecule has 2 atom stereocenters. The van der Waals surface area contributed by atoms with E-state index < -0.39 is 35.1 Å². The van der Waals surface area contributed by atoms with Crippen LogP contribution < -0.4 is 41.0 Å². The van der Waals surface area contributed by atoms with Crippen molar-refractivity contribution in [2.24, 2.45) is 18.7 Å². The molecule has 5 aromatic rings. The van der Waals surface area contributed by atoms with Crippen LogP contribution in [0.1, 0.15) is 79.3 Å². The molecule has 4 aromatic carbocycles. The normalized spacial score (nSPS) is 22.4. The maximum absolute atomic E-state index is 16.2. The van der Waals surface area contributed by atoms with Crippen LogP contribution in [0.5, 0.6) is 11.5 Å². The maximum Gasteiger partial charge on any atom is 0.329 e. The molecule has 1 saturated carbocycles. The number of nitrogens with zero attached hydrogens (tertiary/aromatic N) is 4. The Morgan fingerprint density at radius 2 is 1.71 bits per heavy atom. The Balaban J connectivity index is 0.851. The summed E-state index contributed by atoms with van der Waals surface area (Å²) in [6.07, 6.45) is 4.64. The first kappa shape index (κ1) is 44.0. The van der Waals surface area contributed by atoms with Gasteiger partial charge in [-0.2, -0.15) is 5.10 Å². The second-order valence-corrected chi connectivity index (χ2v) is 17.9. The summed E-state index contributed by atoms with van der Waals surface area (Å²) in [4.78, 5) is 54.6. The number of halogens is 3. The predicted octanol–water partition coefficient (Wildman–Crippen LogP) is 7.05. The summed E-state index contributed by atoms with van der Waals surface area (Å²) in [6.45, 7) is 3.95. The number of hydrogen-bond acceptors (Lipinski definition) is 9. The topological polar surface area (TPSA) is 173 Å². The van der Waals surface area contributed by atoms with E-state index in [0.29, 0.717) is 30.8 Å². The number of aryl methyl sites for hydroxylation is 1. The molecule has 1 aliphatic carbocycles. The van der Waals surface area contributed by atoms with E-state index in [1.54, 1.807) is 4.68 Å². The van der Waals surface area contributed by atoms with Crippen molar-refractivity contribution in [3.05, 3.63) is 100 Å². The third-order valence-electron chi connectivity index (χ3n) is 13.8. The van der Waals surface area contributed by atoms with E-state index in [-0.39, 0.29) is 76.0 Å². The van der Waals surface area contributed by atoms with Crippen molar-refractivity contribution in [2.45, 2.75) is 75.5 Å². The third kappa shape index (κ3) is 7.90. The lowest BCUT2D eigenvalue weighted by atomic mass is 9.77. The van der Waals surface area contributed by atoms with Gasteiger partial charge in [0.2, 0.25) is 17.7 Å². The molecule has 14 nitrogen and oxygen atoms in total. The number of primary amides is 1. The number of nitrogens with one attached hydrogen (secondary N) is 3. The van der Waals surface area contributed by atoms with Gasteiger partial charge >= 0.3 is 6.03 Å². The van der Waals surface area contributed by atoms with Crippen LogP contribution in [0.15, 0.2) is 66.7 Å². The zero-order chi connectivity index (χ0) is 45.7. The van der Waals surface area contributed by atoms with E-state index in [9.17, 15) is 19.2 Å². The number of imide groups is 1. The number of fused-ring (bicyclic) bond motifs is 2. The Morgan fingerprint density at radius 3 is 2.40 bits per heavy atom. The van der Waals surface area contributed by atoms with E-state index in [4.69, 9.17) is 26.8 Å². The third-order valence-corrected chi connectivity index (χ3v) is 14.2. The van der Waals surface area contributed by atoms with Crippen molar-refractivity contribution >= 4 is 57.8 Å². The molecule has 4 aliphatic rings. The Morgan fingerprint density at radius 1 is 0.969 bits per heavy atom. The molecule has 17 heteroatoms. The van der Waals surface area contributed by atoms with Gasteiger partial charge in [0.25, 0.3) is 0 Å². The lowest BCUT2D eigenvalue weighted by molar-refractivity contribution is -0.127. The molecule has 0 radical (unpaired) electrons. The van der Waals surface area contributed by atoms with Crippen LogP contribution in [0.3, 0.4) is 0 Å². The summed E-state index contributed by atoms with van der Waals surface area (Å²) < 4.78 is 45.8. The smallest absolute Gasteiger partial charge is 0.329 e. The number of rotatable bonds is 11. The van der Waals surface area contributed by atoms with E-state index >= 15 is 8.78 Å². The number of anilines is 2. The molecule has 1 aromatic heterocycles. The number of amides is 5. The number of carbonyl (C=O) groups is 4. The van der Waals surface area contributed by atoms with E-state index in [2.05, 4.69) is 32.0 Å². The summed E-state index contributed by atoms with van der Waals surface area (Å²) in [5, 5.41) is 14.6. The van der Waals surface area contributed by atoms with Crippen molar-refractivity contribution in [1.82, 2.24) is 25.7 Å². The molecule has 3 fully saturated rings. The number of hydrogen-bond donors (Lipinski definition) is 4.